The van der Waals surface area contributed by atoms with E-state index in [2.05, 4.69) is 17.6 Å². The summed E-state index contributed by atoms with van der Waals surface area (Å²) in [6.07, 6.45) is 2.77. The quantitative estimate of drug-likeness (QED) is 0.679. The molecule has 0 spiro atoms. The van der Waals surface area contributed by atoms with Crippen LogP contribution in [0.2, 0.25) is 0 Å². The fourth-order valence-electron chi connectivity index (χ4n) is 0.661. The Hall–Kier alpha value is -0.210. The Morgan fingerprint density at radius 3 is 2.70 bits per heavy atom. The summed E-state index contributed by atoms with van der Waals surface area (Å²) in [7, 11) is 0. The lowest BCUT2D eigenvalue weighted by molar-refractivity contribution is 1.05. The Morgan fingerprint density at radius 2 is 2.20 bits per heavy atom. The first-order chi connectivity index (χ1) is 4.43. The number of hydrogen-bond donors (Lipinski definition) is 1. The van der Waals surface area contributed by atoms with Gasteiger partial charge in [0.05, 0.1) is 0 Å². The van der Waals surface area contributed by atoms with E-state index in [4.69, 9.17) is 0 Å². The van der Waals surface area contributed by atoms with Crippen LogP contribution in [0, 0.1) is 0 Å². The van der Waals surface area contributed by atoms with Gasteiger partial charge in [0.2, 0.25) is 0 Å². The first-order valence-corrected chi connectivity index (χ1v) is 3.57. The molecular weight excluding hydrogens is 166 g/mol. The van der Waals surface area contributed by atoms with Crippen LogP contribution in [0.3, 0.4) is 0 Å². The van der Waals surface area contributed by atoms with Gasteiger partial charge in [0, 0.05) is 11.9 Å². The highest BCUT2D eigenvalue weighted by Crippen LogP contribution is 1.94. The minimum atomic E-state index is 0. The standard InChI is InChI=1S/C7H9NS.ClH/c9-6-4-7-3-1-2-5-8-7;/h1-3,5,9H,4,6H2;1H. The van der Waals surface area contributed by atoms with E-state index in [1.165, 1.54) is 0 Å². The molecule has 0 unspecified atom stereocenters. The zero-order valence-corrected chi connectivity index (χ0v) is 7.24. The topological polar surface area (TPSA) is 12.9 Å². The summed E-state index contributed by atoms with van der Waals surface area (Å²) in [5.41, 5.74) is 1.12. The molecule has 0 bridgehead atoms. The monoisotopic (exact) mass is 175 g/mol. The van der Waals surface area contributed by atoms with Crippen LogP contribution in [0.1, 0.15) is 5.69 Å². The van der Waals surface area contributed by atoms with Crippen LogP contribution >= 0.6 is 25.0 Å². The van der Waals surface area contributed by atoms with Crippen LogP contribution in [0.15, 0.2) is 24.4 Å². The summed E-state index contributed by atoms with van der Waals surface area (Å²) in [4.78, 5) is 4.12. The lowest BCUT2D eigenvalue weighted by atomic mass is 10.3. The van der Waals surface area contributed by atoms with Gasteiger partial charge in [0.25, 0.3) is 0 Å². The van der Waals surface area contributed by atoms with E-state index in [0.29, 0.717) is 0 Å². The minimum absolute atomic E-state index is 0. The van der Waals surface area contributed by atoms with E-state index in [0.717, 1.165) is 17.9 Å². The van der Waals surface area contributed by atoms with Crippen molar-refractivity contribution in [3.63, 3.8) is 0 Å². The van der Waals surface area contributed by atoms with Crippen molar-refractivity contribution in [1.29, 1.82) is 0 Å². The number of halogens is 1. The molecule has 0 radical (unpaired) electrons. The van der Waals surface area contributed by atoms with Crippen LogP contribution in [0.5, 0.6) is 0 Å². The Bertz CT molecular complexity index is 167. The van der Waals surface area contributed by atoms with Crippen molar-refractivity contribution in [3.8, 4) is 0 Å². The smallest absolute Gasteiger partial charge is 0.0411 e. The molecule has 56 valence electrons. The molecular formula is C7H10ClNS. The molecule has 0 aliphatic rings. The Balaban J connectivity index is 0.000000810. The van der Waals surface area contributed by atoms with Crippen LogP contribution in [0.4, 0.5) is 0 Å². The van der Waals surface area contributed by atoms with Gasteiger partial charge in [-0.25, -0.2) is 0 Å². The molecule has 1 aromatic rings. The molecule has 1 heterocycles. The highest BCUT2D eigenvalue weighted by Gasteiger charge is 1.86. The van der Waals surface area contributed by atoms with E-state index >= 15 is 0 Å². The molecule has 1 nitrogen and oxygen atoms in total. The number of rotatable bonds is 2. The van der Waals surface area contributed by atoms with Crippen molar-refractivity contribution in [2.24, 2.45) is 0 Å². The van der Waals surface area contributed by atoms with Crippen LogP contribution < -0.4 is 0 Å². The summed E-state index contributed by atoms with van der Waals surface area (Å²) in [5, 5.41) is 0. The van der Waals surface area contributed by atoms with Gasteiger partial charge in [-0.05, 0) is 24.3 Å². The number of hydrogen-bond acceptors (Lipinski definition) is 2. The first-order valence-electron chi connectivity index (χ1n) is 2.94. The molecule has 1 aromatic heterocycles. The van der Waals surface area contributed by atoms with Gasteiger partial charge in [0.1, 0.15) is 0 Å². The lowest BCUT2D eigenvalue weighted by Gasteiger charge is -1.92. The van der Waals surface area contributed by atoms with E-state index in [9.17, 15) is 0 Å². The van der Waals surface area contributed by atoms with Crippen molar-refractivity contribution in [3.05, 3.63) is 30.1 Å². The Morgan fingerprint density at radius 1 is 1.40 bits per heavy atom. The van der Waals surface area contributed by atoms with Gasteiger partial charge in [-0.15, -0.1) is 12.4 Å². The molecule has 0 fully saturated rings. The van der Waals surface area contributed by atoms with Crippen molar-refractivity contribution in [2.75, 3.05) is 5.75 Å². The maximum Gasteiger partial charge on any atom is 0.0411 e. The van der Waals surface area contributed by atoms with Crippen LogP contribution in [-0.4, -0.2) is 10.7 Å². The summed E-state index contributed by atoms with van der Waals surface area (Å²) in [6.45, 7) is 0. The molecule has 0 saturated heterocycles. The highest BCUT2D eigenvalue weighted by atomic mass is 35.5. The van der Waals surface area contributed by atoms with Crippen LogP contribution in [-0.2, 0) is 6.42 Å². The summed E-state index contributed by atoms with van der Waals surface area (Å²) in [5.74, 6) is 0.872. The van der Waals surface area contributed by atoms with E-state index in [1.807, 2.05) is 18.2 Å². The third-order valence-corrected chi connectivity index (χ3v) is 1.32. The highest BCUT2D eigenvalue weighted by molar-refractivity contribution is 7.80. The summed E-state index contributed by atoms with van der Waals surface area (Å²) < 4.78 is 0. The molecule has 0 N–H and O–H groups in total. The van der Waals surface area contributed by atoms with Crippen molar-refractivity contribution >= 4 is 25.0 Å². The zero-order valence-electron chi connectivity index (χ0n) is 5.53. The SMILES string of the molecule is Cl.SCCc1ccccn1. The molecule has 0 aromatic carbocycles. The number of pyridine rings is 1. The Labute approximate surface area is 72.7 Å². The van der Waals surface area contributed by atoms with Gasteiger partial charge >= 0.3 is 0 Å². The summed E-state index contributed by atoms with van der Waals surface area (Å²) in [6, 6.07) is 5.92. The molecule has 0 amide bonds. The molecule has 3 heteroatoms. The molecule has 0 aliphatic heterocycles. The number of aromatic nitrogens is 1. The largest absolute Gasteiger partial charge is 0.261 e. The maximum absolute atomic E-state index is 4.12. The predicted octanol–water partition coefficient (Wildman–Crippen LogP) is 1.98. The van der Waals surface area contributed by atoms with Gasteiger partial charge in [-0.3, -0.25) is 4.98 Å². The minimum Gasteiger partial charge on any atom is -0.261 e. The number of aryl methyl sites for hydroxylation is 1. The fourth-order valence-corrected chi connectivity index (χ4v) is 0.890. The van der Waals surface area contributed by atoms with Crippen molar-refractivity contribution in [1.82, 2.24) is 4.98 Å². The van der Waals surface area contributed by atoms with Crippen molar-refractivity contribution in [2.45, 2.75) is 6.42 Å². The predicted molar refractivity (Wildman–Crippen MR) is 49.0 cm³/mol. The first kappa shape index (κ1) is 9.79. The average molecular weight is 176 g/mol. The second-order valence-corrected chi connectivity index (χ2v) is 2.24. The normalized spacial score (nSPS) is 8.50. The van der Waals surface area contributed by atoms with Crippen LogP contribution in [0.25, 0.3) is 0 Å². The molecule has 1 rings (SSSR count). The number of nitrogens with zero attached hydrogens (tertiary/aromatic N) is 1. The fraction of sp³-hybridized carbons (Fsp3) is 0.286. The van der Waals surface area contributed by atoms with Crippen molar-refractivity contribution < 1.29 is 0 Å². The van der Waals surface area contributed by atoms with E-state index < -0.39 is 0 Å². The average Bonchev–Trinajstić information content (AvgIpc) is 1.91. The Kier molecular flexibility index (Phi) is 5.45. The molecule has 0 aliphatic carbocycles. The van der Waals surface area contributed by atoms with Gasteiger partial charge in [0.15, 0.2) is 0 Å². The number of thiol groups is 1. The van der Waals surface area contributed by atoms with E-state index in [1.54, 1.807) is 6.20 Å². The maximum atomic E-state index is 4.12. The molecule has 0 atom stereocenters. The second-order valence-electron chi connectivity index (χ2n) is 1.79. The summed E-state index contributed by atoms with van der Waals surface area (Å²) >= 11 is 4.09. The zero-order chi connectivity index (χ0) is 6.53. The third-order valence-electron chi connectivity index (χ3n) is 1.09. The molecule has 10 heavy (non-hydrogen) atoms. The second kappa shape index (κ2) is 5.57. The third kappa shape index (κ3) is 3.08. The molecule has 0 saturated carbocycles. The van der Waals surface area contributed by atoms with Gasteiger partial charge in [-0.2, -0.15) is 12.6 Å². The van der Waals surface area contributed by atoms with Gasteiger partial charge in [-0.1, -0.05) is 6.07 Å². The lowest BCUT2D eigenvalue weighted by Crippen LogP contribution is -1.87. The van der Waals surface area contributed by atoms with E-state index in [-0.39, 0.29) is 12.4 Å². The van der Waals surface area contributed by atoms with Gasteiger partial charge < -0.3 is 0 Å².